The summed E-state index contributed by atoms with van der Waals surface area (Å²) in [4.78, 5) is 0. The van der Waals surface area contributed by atoms with E-state index in [4.69, 9.17) is 0 Å². The van der Waals surface area contributed by atoms with E-state index < -0.39 is 6.65 Å². The fraction of sp³-hybridized carbons (Fsp3) is 0.500. The molecule has 0 aliphatic rings. The molecule has 0 bridgehead atoms. The van der Waals surface area contributed by atoms with E-state index in [1.165, 1.54) is 23.3 Å². The molecule has 0 saturated heterocycles. The lowest BCUT2D eigenvalue weighted by molar-refractivity contribution is 0.569. The Morgan fingerprint density at radius 3 is 2.55 bits per heavy atom. The molecular formula is C14H24N3OPS. The molecule has 1 atom stereocenters. The molecule has 2 N–H and O–H groups in total. The van der Waals surface area contributed by atoms with Crippen molar-refractivity contribution >= 4 is 30.1 Å². The zero-order valence-electron chi connectivity index (χ0n) is 12.6. The first-order valence-electron chi connectivity index (χ1n) is 6.85. The predicted molar refractivity (Wildman–Crippen MR) is 91.9 cm³/mol. The zero-order valence-corrected chi connectivity index (χ0v) is 14.3. The van der Waals surface area contributed by atoms with Crippen LogP contribution >= 0.6 is 18.0 Å². The number of hydrogen-bond donors (Lipinski definition) is 2. The van der Waals surface area contributed by atoms with Crippen LogP contribution in [0.15, 0.2) is 29.0 Å². The maximum atomic E-state index is 12.6. The Morgan fingerprint density at radius 1 is 1.35 bits per heavy atom. The Bertz CT molecular complexity index is 474. The summed E-state index contributed by atoms with van der Waals surface area (Å²) in [6.07, 6.45) is 2.51. The van der Waals surface area contributed by atoms with Crippen molar-refractivity contribution in [3.05, 3.63) is 29.8 Å². The first-order chi connectivity index (χ1) is 9.45. The number of rotatable bonds is 8. The van der Waals surface area contributed by atoms with Crippen LogP contribution in [0.2, 0.25) is 0 Å². The van der Waals surface area contributed by atoms with Crippen molar-refractivity contribution in [1.29, 1.82) is 0 Å². The first-order valence-corrected chi connectivity index (χ1v) is 10.1. The normalized spacial score (nSPS) is 14.7. The summed E-state index contributed by atoms with van der Waals surface area (Å²) in [5, 5.41) is 6.13. The van der Waals surface area contributed by atoms with Crippen LogP contribution in [0.4, 0.5) is 5.69 Å². The van der Waals surface area contributed by atoms with Crippen LogP contribution in [0.25, 0.3) is 0 Å². The molecule has 112 valence electrons. The van der Waals surface area contributed by atoms with E-state index in [1.54, 1.807) is 0 Å². The maximum Gasteiger partial charge on any atom is 0.312 e. The minimum atomic E-state index is -2.76. The van der Waals surface area contributed by atoms with E-state index in [0.29, 0.717) is 0 Å². The summed E-state index contributed by atoms with van der Waals surface area (Å²) in [5.74, 6) is 0.832. The van der Waals surface area contributed by atoms with E-state index in [2.05, 4.69) is 22.1 Å². The van der Waals surface area contributed by atoms with Gasteiger partial charge in [-0.25, -0.2) is 5.09 Å². The highest BCUT2D eigenvalue weighted by Gasteiger charge is 2.21. The Morgan fingerprint density at radius 2 is 2.00 bits per heavy atom. The standard InChI is InChI=1S/C14H24N3OPS/c1-5-10-20-19(18,17-12(2)3)16-11-15-14-8-6-13(4)7-9-14/h6-9,11-12H,5,10H2,1-4H3,(H2,15,16,17,18). The van der Waals surface area contributed by atoms with Gasteiger partial charge in [0.05, 0.1) is 6.34 Å². The lowest BCUT2D eigenvalue weighted by Gasteiger charge is -2.16. The minimum absolute atomic E-state index is 0.140. The number of anilines is 1. The highest BCUT2D eigenvalue weighted by Crippen LogP contribution is 2.56. The van der Waals surface area contributed by atoms with Gasteiger partial charge in [-0.2, -0.15) is 4.76 Å². The van der Waals surface area contributed by atoms with Crippen LogP contribution in [-0.4, -0.2) is 18.1 Å². The first kappa shape index (κ1) is 17.3. The van der Waals surface area contributed by atoms with Gasteiger partial charge in [0.2, 0.25) is 0 Å². The number of hydrogen-bond acceptors (Lipinski definition) is 2. The van der Waals surface area contributed by atoms with Gasteiger partial charge in [-0.1, -0.05) is 36.0 Å². The molecule has 1 unspecified atom stereocenters. The molecule has 0 radical (unpaired) electrons. The predicted octanol–water partition coefficient (Wildman–Crippen LogP) is 4.68. The number of aryl methyl sites for hydroxylation is 1. The quantitative estimate of drug-likeness (QED) is 0.415. The van der Waals surface area contributed by atoms with Crippen molar-refractivity contribution in [2.45, 2.75) is 40.2 Å². The molecule has 4 nitrogen and oxygen atoms in total. The monoisotopic (exact) mass is 313 g/mol. The molecule has 0 spiro atoms. The SMILES string of the molecule is CCCSP(=O)(N=CNc1ccc(C)cc1)NC(C)C. The molecule has 0 aliphatic carbocycles. The molecule has 0 amide bonds. The van der Waals surface area contributed by atoms with Gasteiger partial charge < -0.3 is 5.32 Å². The Balaban J connectivity index is 2.66. The highest BCUT2D eigenvalue weighted by molar-refractivity contribution is 8.57. The van der Waals surface area contributed by atoms with Crippen LogP contribution in [0.3, 0.4) is 0 Å². The van der Waals surface area contributed by atoms with Crippen molar-refractivity contribution in [3.63, 3.8) is 0 Å². The van der Waals surface area contributed by atoms with Gasteiger partial charge in [-0.05, 0) is 39.3 Å². The summed E-state index contributed by atoms with van der Waals surface area (Å²) < 4.78 is 16.9. The van der Waals surface area contributed by atoms with Gasteiger partial charge in [0.15, 0.2) is 0 Å². The fourth-order valence-electron chi connectivity index (χ4n) is 1.47. The van der Waals surface area contributed by atoms with Crippen LogP contribution in [0.1, 0.15) is 32.8 Å². The van der Waals surface area contributed by atoms with Crippen molar-refractivity contribution in [2.75, 3.05) is 11.1 Å². The van der Waals surface area contributed by atoms with Crippen LogP contribution < -0.4 is 10.4 Å². The molecule has 1 aromatic rings. The van der Waals surface area contributed by atoms with E-state index in [-0.39, 0.29) is 6.04 Å². The van der Waals surface area contributed by atoms with Crippen molar-refractivity contribution in [3.8, 4) is 0 Å². The lowest BCUT2D eigenvalue weighted by atomic mass is 10.2. The second-order valence-corrected chi connectivity index (χ2v) is 9.35. The van der Waals surface area contributed by atoms with Gasteiger partial charge >= 0.3 is 6.65 Å². The summed E-state index contributed by atoms with van der Waals surface area (Å²) in [7, 11) is 0. The fourth-order valence-corrected chi connectivity index (χ4v) is 5.46. The van der Waals surface area contributed by atoms with Gasteiger partial charge in [-0.3, -0.25) is 4.57 Å². The van der Waals surface area contributed by atoms with Crippen molar-refractivity contribution in [2.24, 2.45) is 4.76 Å². The van der Waals surface area contributed by atoms with Gasteiger partial charge in [0.25, 0.3) is 0 Å². The molecule has 0 fully saturated rings. The maximum absolute atomic E-state index is 12.6. The Kier molecular flexibility index (Phi) is 7.35. The number of nitrogens with one attached hydrogen (secondary N) is 2. The summed E-state index contributed by atoms with van der Waals surface area (Å²) in [5.41, 5.74) is 2.15. The molecule has 1 rings (SSSR count). The second kappa shape index (κ2) is 8.50. The van der Waals surface area contributed by atoms with Crippen LogP contribution in [0.5, 0.6) is 0 Å². The number of benzene rings is 1. The van der Waals surface area contributed by atoms with Crippen LogP contribution in [0, 0.1) is 6.92 Å². The Hall–Kier alpha value is -0.770. The second-order valence-electron chi connectivity index (χ2n) is 4.89. The average molecular weight is 313 g/mol. The van der Waals surface area contributed by atoms with Crippen molar-refractivity contribution in [1.82, 2.24) is 5.09 Å². The van der Waals surface area contributed by atoms with E-state index in [9.17, 15) is 4.57 Å². The molecule has 0 aliphatic heterocycles. The zero-order chi connectivity index (χ0) is 15.0. The van der Waals surface area contributed by atoms with Gasteiger partial charge in [0, 0.05) is 17.5 Å². The summed E-state index contributed by atoms with van der Waals surface area (Å²) in [6, 6.07) is 8.13. The van der Waals surface area contributed by atoms with Crippen molar-refractivity contribution < 1.29 is 4.57 Å². The molecule has 6 heteroatoms. The summed E-state index contributed by atoms with van der Waals surface area (Å²) >= 11 is 1.40. The summed E-state index contributed by atoms with van der Waals surface area (Å²) in [6.45, 7) is 5.30. The van der Waals surface area contributed by atoms with E-state index in [1.807, 2.05) is 45.0 Å². The third kappa shape index (κ3) is 6.60. The molecular weight excluding hydrogens is 289 g/mol. The molecule has 0 saturated carbocycles. The average Bonchev–Trinajstić information content (AvgIpc) is 2.38. The van der Waals surface area contributed by atoms with Gasteiger partial charge in [-0.15, -0.1) is 0 Å². The highest BCUT2D eigenvalue weighted by atomic mass is 32.7. The lowest BCUT2D eigenvalue weighted by Crippen LogP contribution is -2.17. The Labute approximate surface area is 126 Å². The minimum Gasteiger partial charge on any atom is -0.346 e. The molecule has 20 heavy (non-hydrogen) atoms. The van der Waals surface area contributed by atoms with Gasteiger partial charge in [0.1, 0.15) is 0 Å². The third-order valence-electron chi connectivity index (χ3n) is 2.38. The topological polar surface area (TPSA) is 53.5 Å². The van der Waals surface area contributed by atoms with Crippen LogP contribution in [-0.2, 0) is 4.57 Å². The molecule has 1 aromatic carbocycles. The van der Waals surface area contributed by atoms with E-state index >= 15 is 0 Å². The smallest absolute Gasteiger partial charge is 0.312 e. The molecule has 0 heterocycles. The third-order valence-corrected chi connectivity index (χ3v) is 6.78. The number of nitrogens with zero attached hydrogens (tertiary/aromatic N) is 1. The molecule has 0 aromatic heterocycles. The van der Waals surface area contributed by atoms with E-state index in [0.717, 1.165) is 17.9 Å². The largest absolute Gasteiger partial charge is 0.346 e.